The molecule has 98 valence electrons. The van der Waals surface area contributed by atoms with Gasteiger partial charge in [-0.25, -0.2) is 0 Å². The molecule has 0 radical (unpaired) electrons. The maximum Gasteiger partial charge on any atom is 0.311 e. The molecule has 1 atom stereocenters. The molecule has 3 nitrogen and oxygen atoms in total. The van der Waals surface area contributed by atoms with Crippen LogP contribution in [0.2, 0.25) is 0 Å². The summed E-state index contributed by atoms with van der Waals surface area (Å²) < 4.78 is 0. The first-order chi connectivity index (χ1) is 8.47. The predicted molar refractivity (Wildman–Crippen MR) is 71.5 cm³/mol. The second kappa shape index (κ2) is 4.73. The van der Waals surface area contributed by atoms with Crippen LogP contribution in [0.1, 0.15) is 36.4 Å². The number of aryl methyl sites for hydroxylation is 1. The Morgan fingerprint density at radius 1 is 1.28 bits per heavy atom. The van der Waals surface area contributed by atoms with E-state index < -0.39 is 11.4 Å². The van der Waals surface area contributed by atoms with Gasteiger partial charge in [-0.15, -0.1) is 0 Å². The molecule has 0 saturated heterocycles. The second-order valence-corrected chi connectivity index (χ2v) is 5.59. The SMILES string of the molecule is Cc1ccc(C(N(C)C)C2(C(=O)O)CCC2)cc1. The number of aliphatic carboxylic acids is 1. The van der Waals surface area contributed by atoms with Crippen molar-refractivity contribution >= 4 is 5.97 Å². The molecule has 0 spiro atoms. The average molecular weight is 247 g/mol. The lowest BCUT2D eigenvalue weighted by Crippen LogP contribution is -2.48. The van der Waals surface area contributed by atoms with Crippen molar-refractivity contribution in [1.82, 2.24) is 4.90 Å². The number of rotatable bonds is 4. The number of carboxylic acid groups (broad SMARTS) is 1. The third-order valence-electron chi connectivity index (χ3n) is 4.10. The molecular weight excluding hydrogens is 226 g/mol. The molecule has 1 aromatic rings. The van der Waals surface area contributed by atoms with Gasteiger partial charge in [-0.2, -0.15) is 0 Å². The molecule has 1 saturated carbocycles. The molecule has 18 heavy (non-hydrogen) atoms. The first kappa shape index (κ1) is 13.1. The Morgan fingerprint density at radius 2 is 1.83 bits per heavy atom. The highest BCUT2D eigenvalue weighted by Crippen LogP contribution is 2.52. The van der Waals surface area contributed by atoms with E-state index in [1.807, 2.05) is 25.9 Å². The minimum absolute atomic E-state index is 0.0376. The van der Waals surface area contributed by atoms with Gasteiger partial charge in [0, 0.05) is 0 Å². The van der Waals surface area contributed by atoms with Crippen LogP contribution in [0.4, 0.5) is 0 Å². The summed E-state index contributed by atoms with van der Waals surface area (Å²) in [6.45, 7) is 2.05. The largest absolute Gasteiger partial charge is 0.481 e. The highest BCUT2D eigenvalue weighted by molar-refractivity contribution is 5.77. The molecule has 2 rings (SSSR count). The Kier molecular flexibility index (Phi) is 3.44. The summed E-state index contributed by atoms with van der Waals surface area (Å²) in [4.78, 5) is 13.7. The summed E-state index contributed by atoms with van der Waals surface area (Å²) in [5, 5.41) is 9.59. The van der Waals surface area contributed by atoms with E-state index in [4.69, 9.17) is 0 Å². The lowest BCUT2D eigenvalue weighted by atomic mass is 9.62. The highest BCUT2D eigenvalue weighted by Gasteiger charge is 2.52. The Bertz CT molecular complexity index is 432. The number of benzene rings is 1. The van der Waals surface area contributed by atoms with E-state index in [0.717, 1.165) is 24.8 Å². The maximum absolute atomic E-state index is 11.7. The number of carboxylic acids is 1. The number of hydrogen-bond acceptors (Lipinski definition) is 2. The zero-order chi connectivity index (χ0) is 13.3. The standard InChI is InChI=1S/C15H21NO2/c1-11-5-7-12(8-6-11)13(16(2)3)15(14(17)18)9-4-10-15/h5-8,13H,4,9-10H2,1-3H3,(H,17,18). The van der Waals surface area contributed by atoms with Crippen LogP contribution in [0.5, 0.6) is 0 Å². The van der Waals surface area contributed by atoms with Crippen molar-refractivity contribution in [3.63, 3.8) is 0 Å². The van der Waals surface area contributed by atoms with Gasteiger partial charge in [0.25, 0.3) is 0 Å². The molecule has 3 heteroatoms. The van der Waals surface area contributed by atoms with E-state index in [0.29, 0.717) is 0 Å². The van der Waals surface area contributed by atoms with Gasteiger partial charge in [0.1, 0.15) is 0 Å². The second-order valence-electron chi connectivity index (χ2n) is 5.59. The van der Waals surface area contributed by atoms with Crippen LogP contribution in [0.25, 0.3) is 0 Å². The van der Waals surface area contributed by atoms with Crippen molar-refractivity contribution in [1.29, 1.82) is 0 Å². The molecule has 1 fully saturated rings. The van der Waals surface area contributed by atoms with Gasteiger partial charge in [-0.1, -0.05) is 36.2 Å². The minimum Gasteiger partial charge on any atom is -0.481 e. The number of hydrogen-bond donors (Lipinski definition) is 1. The number of nitrogens with zero attached hydrogens (tertiary/aromatic N) is 1. The fourth-order valence-electron chi connectivity index (χ4n) is 3.02. The third kappa shape index (κ3) is 2.03. The summed E-state index contributed by atoms with van der Waals surface area (Å²) in [5.41, 5.74) is 1.71. The van der Waals surface area contributed by atoms with E-state index in [1.54, 1.807) is 0 Å². The third-order valence-corrected chi connectivity index (χ3v) is 4.10. The quantitative estimate of drug-likeness (QED) is 0.889. The van der Waals surface area contributed by atoms with Crippen LogP contribution in [0, 0.1) is 12.3 Å². The Balaban J connectivity index is 2.39. The monoisotopic (exact) mass is 247 g/mol. The van der Waals surface area contributed by atoms with Crippen LogP contribution in [0.15, 0.2) is 24.3 Å². The summed E-state index contributed by atoms with van der Waals surface area (Å²) >= 11 is 0. The fourth-order valence-corrected chi connectivity index (χ4v) is 3.02. The molecule has 0 bridgehead atoms. The van der Waals surface area contributed by atoms with Gasteiger partial charge < -0.3 is 10.0 Å². The van der Waals surface area contributed by atoms with Crippen LogP contribution in [-0.4, -0.2) is 30.1 Å². The predicted octanol–water partition coefficient (Wildman–Crippen LogP) is 2.85. The first-order valence-electron chi connectivity index (χ1n) is 6.44. The molecule has 0 aromatic heterocycles. The van der Waals surface area contributed by atoms with E-state index in [2.05, 4.69) is 24.3 Å². The summed E-state index contributed by atoms with van der Waals surface area (Å²) in [6, 6.07) is 8.19. The molecule has 0 amide bonds. The van der Waals surface area contributed by atoms with Crippen LogP contribution >= 0.6 is 0 Å². The highest BCUT2D eigenvalue weighted by atomic mass is 16.4. The van der Waals surface area contributed by atoms with Gasteiger partial charge in [0.15, 0.2) is 0 Å². The lowest BCUT2D eigenvalue weighted by molar-refractivity contribution is -0.161. The molecule has 1 N–H and O–H groups in total. The van der Waals surface area contributed by atoms with Gasteiger partial charge in [0.05, 0.1) is 11.5 Å². The van der Waals surface area contributed by atoms with Crippen molar-refractivity contribution in [2.75, 3.05) is 14.1 Å². The molecule has 0 heterocycles. The zero-order valence-corrected chi connectivity index (χ0v) is 11.3. The van der Waals surface area contributed by atoms with Crippen LogP contribution in [-0.2, 0) is 4.79 Å². The van der Waals surface area contributed by atoms with Gasteiger partial charge in [0.2, 0.25) is 0 Å². The molecule has 1 unspecified atom stereocenters. The van der Waals surface area contributed by atoms with Crippen molar-refractivity contribution in [2.45, 2.75) is 32.2 Å². The maximum atomic E-state index is 11.7. The Morgan fingerprint density at radius 3 is 2.17 bits per heavy atom. The Hall–Kier alpha value is -1.35. The zero-order valence-electron chi connectivity index (χ0n) is 11.3. The molecule has 0 aliphatic heterocycles. The summed E-state index contributed by atoms with van der Waals surface area (Å²) in [7, 11) is 3.93. The summed E-state index contributed by atoms with van der Waals surface area (Å²) in [5.74, 6) is -0.659. The van der Waals surface area contributed by atoms with E-state index in [-0.39, 0.29) is 6.04 Å². The van der Waals surface area contributed by atoms with E-state index in [9.17, 15) is 9.90 Å². The number of carbonyl (C=O) groups is 1. The van der Waals surface area contributed by atoms with Crippen molar-refractivity contribution in [3.05, 3.63) is 35.4 Å². The van der Waals surface area contributed by atoms with Gasteiger partial charge in [-0.3, -0.25) is 4.79 Å². The molecular formula is C15H21NO2. The van der Waals surface area contributed by atoms with Crippen LogP contribution in [0.3, 0.4) is 0 Å². The fraction of sp³-hybridized carbons (Fsp3) is 0.533. The van der Waals surface area contributed by atoms with E-state index >= 15 is 0 Å². The average Bonchev–Trinajstić information content (AvgIpc) is 2.23. The van der Waals surface area contributed by atoms with Crippen molar-refractivity contribution < 1.29 is 9.90 Å². The smallest absolute Gasteiger partial charge is 0.311 e. The summed E-state index contributed by atoms with van der Waals surface area (Å²) in [6.07, 6.45) is 2.57. The molecule has 1 aliphatic rings. The van der Waals surface area contributed by atoms with Crippen molar-refractivity contribution in [3.8, 4) is 0 Å². The first-order valence-corrected chi connectivity index (χ1v) is 6.44. The van der Waals surface area contributed by atoms with Gasteiger partial charge >= 0.3 is 5.97 Å². The molecule has 1 aromatic carbocycles. The normalized spacial score (nSPS) is 19.3. The van der Waals surface area contributed by atoms with Crippen molar-refractivity contribution in [2.24, 2.45) is 5.41 Å². The van der Waals surface area contributed by atoms with Gasteiger partial charge in [-0.05, 0) is 39.4 Å². The van der Waals surface area contributed by atoms with E-state index in [1.165, 1.54) is 5.56 Å². The minimum atomic E-state index is -0.659. The lowest BCUT2D eigenvalue weighted by Gasteiger charge is -2.47. The topological polar surface area (TPSA) is 40.5 Å². The Labute approximate surface area is 108 Å². The van der Waals surface area contributed by atoms with Crippen LogP contribution < -0.4 is 0 Å². The molecule has 1 aliphatic carbocycles.